The number of aromatic nitrogens is 4. The third kappa shape index (κ3) is 2.70. The average molecular weight is 399 g/mol. The van der Waals surface area contributed by atoms with Crippen LogP contribution in [0.5, 0.6) is 0 Å². The van der Waals surface area contributed by atoms with Crippen LogP contribution in [-0.4, -0.2) is 23.1 Å². The van der Waals surface area contributed by atoms with Gasteiger partial charge in [0.2, 0.25) is 0 Å². The molecule has 5 rings (SSSR count). The van der Waals surface area contributed by atoms with E-state index in [4.69, 9.17) is 5.73 Å². The smallest absolute Gasteiger partial charge is 0.158 e. The topological polar surface area (TPSA) is 86.7 Å². The van der Waals surface area contributed by atoms with Crippen LogP contribution in [-0.2, 0) is 11.0 Å². The molecule has 29 heavy (non-hydrogen) atoms. The van der Waals surface area contributed by atoms with Crippen LogP contribution in [0.4, 0.5) is 5.82 Å². The standard InChI is InChI=1S/C22H17N5OS/c1-14-20(18-13-26-21(23)19-12-24-11-9-16(18)19)17-8-5-10-25-22(17)27(14)29(28)15-6-3-2-4-7-15/h2-13H,1H3,(H2,23,26). The molecule has 0 fully saturated rings. The van der Waals surface area contributed by atoms with Crippen molar-refractivity contribution in [3.8, 4) is 11.1 Å². The van der Waals surface area contributed by atoms with Crippen LogP contribution in [0.3, 0.4) is 0 Å². The molecule has 0 spiro atoms. The Bertz CT molecular complexity index is 1400. The molecule has 1 atom stereocenters. The minimum Gasteiger partial charge on any atom is -0.383 e. The Hall–Kier alpha value is -3.58. The molecule has 0 bridgehead atoms. The second-order valence-corrected chi connectivity index (χ2v) is 8.00. The number of nitrogen functional groups attached to an aromatic ring is 1. The fourth-order valence-corrected chi connectivity index (χ4v) is 4.94. The molecule has 0 radical (unpaired) electrons. The molecule has 1 aromatic carbocycles. The molecule has 0 aliphatic carbocycles. The van der Waals surface area contributed by atoms with Gasteiger partial charge in [0.15, 0.2) is 16.6 Å². The van der Waals surface area contributed by atoms with Gasteiger partial charge in [0.1, 0.15) is 5.82 Å². The molecule has 0 amide bonds. The van der Waals surface area contributed by atoms with Gasteiger partial charge in [-0.05, 0) is 42.6 Å². The van der Waals surface area contributed by atoms with Crippen molar-refractivity contribution in [3.05, 3.63) is 79.0 Å². The number of hydrogen-bond acceptors (Lipinski definition) is 5. The van der Waals surface area contributed by atoms with Crippen LogP contribution in [0.15, 0.2) is 78.2 Å². The molecule has 1 unspecified atom stereocenters. The van der Waals surface area contributed by atoms with Gasteiger partial charge in [0, 0.05) is 52.4 Å². The van der Waals surface area contributed by atoms with E-state index in [1.54, 1.807) is 28.8 Å². The Morgan fingerprint density at radius 2 is 1.72 bits per heavy atom. The van der Waals surface area contributed by atoms with E-state index < -0.39 is 11.0 Å². The molecular formula is C22H17N5OS. The summed E-state index contributed by atoms with van der Waals surface area (Å²) in [7, 11) is -1.43. The SMILES string of the molecule is Cc1c(-c2cnc(N)c3cnccc23)c2cccnc2n1S(=O)c1ccccc1. The molecule has 142 valence electrons. The van der Waals surface area contributed by atoms with Crippen molar-refractivity contribution in [2.75, 3.05) is 5.73 Å². The minimum absolute atomic E-state index is 0.434. The Balaban J connectivity index is 1.85. The van der Waals surface area contributed by atoms with Crippen LogP contribution < -0.4 is 5.73 Å². The van der Waals surface area contributed by atoms with Gasteiger partial charge < -0.3 is 5.73 Å². The summed E-state index contributed by atoms with van der Waals surface area (Å²) in [6.07, 6.45) is 6.94. The molecule has 4 aromatic heterocycles. The number of fused-ring (bicyclic) bond motifs is 2. The van der Waals surface area contributed by atoms with E-state index in [1.165, 1.54) is 0 Å². The van der Waals surface area contributed by atoms with E-state index in [9.17, 15) is 4.21 Å². The predicted molar refractivity (Wildman–Crippen MR) is 116 cm³/mol. The molecule has 0 aliphatic heterocycles. The zero-order valence-corrected chi connectivity index (χ0v) is 16.4. The first kappa shape index (κ1) is 17.5. The van der Waals surface area contributed by atoms with Crippen LogP contribution in [0.2, 0.25) is 0 Å². The summed E-state index contributed by atoms with van der Waals surface area (Å²) in [5.41, 5.74) is 9.44. The van der Waals surface area contributed by atoms with Crippen molar-refractivity contribution >= 4 is 38.6 Å². The molecule has 2 N–H and O–H groups in total. The van der Waals surface area contributed by atoms with Gasteiger partial charge in [-0.1, -0.05) is 18.2 Å². The average Bonchev–Trinajstić information content (AvgIpc) is 3.06. The molecule has 4 heterocycles. The summed E-state index contributed by atoms with van der Waals surface area (Å²) in [5.74, 6) is 0.434. The van der Waals surface area contributed by atoms with Crippen molar-refractivity contribution in [1.82, 2.24) is 18.9 Å². The third-order valence-corrected chi connectivity index (χ3v) is 6.47. The molecule has 0 saturated heterocycles. The van der Waals surface area contributed by atoms with Crippen LogP contribution in [0.1, 0.15) is 5.69 Å². The second kappa shape index (κ2) is 6.79. The molecule has 0 saturated carbocycles. The van der Waals surface area contributed by atoms with Crippen LogP contribution in [0, 0.1) is 6.92 Å². The largest absolute Gasteiger partial charge is 0.383 e. The van der Waals surface area contributed by atoms with E-state index in [-0.39, 0.29) is 0 Å². The molecule has 5 aromatic rings. The highest BCUT2D eigenvalue weighted by Gasteiger charge is 2.22. The molecule has 6 nitrogen and oxygen atoms in total. The van der Waals surface area contributed by atoms with E-state index in [0.29, 0.717) is 16.4 Å². The first-order valence-electron chi connectivity index (χ1n) is 9.08. The molecule has 0 aliphatic rings. The monoisotopic (exact) mass is 399 g/mol. The van der Waals surface area contributed by atoms with Gasteiger partial charge in [-0.2, -0.15) is 0 Å². The van der Waals surface area contributed by atoms with E-state index in [1.807, 2.05) is 55.5 Å². The van der Waals surface area contributed by atoms with E-state index >= 15 is 0 Å². The number of pyridine rings is 3. The summed E-state index contributed by atoms with van der Waals surface area (Å²) in [4.78, 5) is 13.8. The van der Waals surface area contributed by atoms with Crippen molar-refractivity contribution in [3.63, 3.8) is 0 Å². The molecular weight excluding hydrogens is 382 g/mol. The first-order chi connectivity index (χ1) is 14.2. The normalized spacial score (nSPS) is 12.4. The zero-order chi connectivity index (χ0) is 20.0. The number of nitrogens with zero attached hydrogens (tertiary/aromatic N) is 4. The Morgan fingerprint density at radius 3 is 2.55 bits per heavy atom. The van der Waals surface area contributed by atoms with Crippen LogP contribution >= 0.6 is 0 Å². The van der Waals surface area contributed by atoms with Gasteiger partial charge >= 0.3 is 0 Å². The quantitative estimate of drug-likeness (QED) is 0.493. The molecule has 7 heteroatoms. The van der Waals surface area contributed by atoms with Gasteiger partial charge in [-0.15, -0.1) is 0 Å². The highest BCUT2D eigenvalue weighted by Crippen LogP contribution is 2.38. The summed E-state index contributed by atoms with van der Waals surface area (Å²) >= 11 is 0. The lowest BCUT2D eigenvalue weighted by Crippen LogP contribution is -2.07. The Morgan fingerprint density at radius 1 is 0.897 bits per heavy atom. The van der Waals surface area contributed by atoms with Crippen molar-refractivity contribution in [2.45, 2.75) is 11.8 Å². The number of benzene rings is 1. The Kier molecular flexibility index (Phi) is 4.10. The fourth-order valence-electron chi connectivity index (χ4n) is 3.70. The third-order valence-electron chi connectivity index (χ3n) is 5.01. The number of hydrogen-bond donors (Lipinski definition) is 1. The fraction of sp³-hybridized carbons (Fsp3) is 0.0455. The van der Waals surface area contributed by atoms with Gasteiger partial charge in [0.25, 0.3) is 0 Å². The predicted octanol–water partition coefficient (Wildman–Crippen LogP) is 4.11. The van der Waals surface area contributed by atoms with Crippen molar-refractivity contribution in [2.24, 2.45) is 0 Å². The van der Waals surface area contributed by atoms with Crippen molar-refractivity contribution < 1.29 is 4.21 Å². The van der Waals surface area contributed by atoms with Crippen LogP contribution in [0.25, 0.3) is 32.9 Å². The Labute approximate surface area is 169 Å². The summed E-state index contributed by atoms with van der Waals surface area (Å²) < 4.78 is 15.2. The highest BCUT2D eigenvalue weighted by molar-refractivity contribution is 7.83. The van der Waals surface area contributed by atoms with Crippen molar-refractivity contribution in [1.29, 1.82) is 0 Å². The summed E-state index contributed by atoms with van der Waals surface area (Å²) in [6.45, 7) is 1.96. The minimum atomic E-state index is -1.43. The summed E-state index contributed by atoms with van der Waals surface area (Å²) in [6, 6.07) is 15.2. The van der Waals surface area contributed by atoms with Gasteiger partial charge in [-0.3, -0.25) is 4.98 Å². The van der Waals surface area contributed by atoms with Gasteiger partial charge in [0.05, 0.1) is 4.90 Å². The maximum Gasteiger partial charge on any atom is 0.158 e. The number of nitrogens with two attached hydrogens (primary N) is 1. The lowest BCUT2D eigenvalue weighted by Gasteiger charge is -2.10. The number of anilines is 1. The lowest BCUT2D eigenvalue weighted by molar-refractivity contribution is 0.677. The second-order valence-electron chi connectivity index (χ2n) is 6.67. The van der Waals surface area contributed by atoms with E-state index in [2.05, 4.69) is 15.0 Å². The van der Waals surface area contributed by atoms with Gasteiger partial charge in [-0.25, -0.2) is 18.1 Å². The maximum atomic E-state index is 13.4. The summed E-state index contributed by atoms with van der Waals surface area (Å²) in [5, 5.41) is 2.65. The zero-order valence-electron chi connectivity index (χ0n) is 15.6. The van der Waals surface area contributed by atoms with E-state index in [0.717, 1.165) is 33.0 Å². The maximum absolute atomic E-state index is 13.4. The first-order valence-corrected chi connectivity index (χ1v) is 10.2. The highest BCUT2D eigenvalue weighted by atomic mass is 32.2. The lowest BCUT2D eigenvalue weighted by atomic mass is 10.00. The number of rotatable bonds is 3.